The predicted molar refractivity (Wildman–Crippen MR) is 69.9 cm³/mol. The molecule has 0 aliphatic carbocycles. The van der Waals surface area contributed by atoms with Crippen LogP contribution in [-0.4, -0.2) is 22.8 Å². The third kappa shape index (κ3) is 4.17. The second kappa shape index (κ2) is 6.47. The van der Waals surface area contributed by atoms with Crippen LogP contribution in [-0.2, 0) is 0 Å². The summed E-state index contributed by atoms with van der Waals surface area (Å²) in [6.45, 7) is 3.97. The molecule has 0 spiro atoms. The number of rotatable bonds is 5. The van der Waals surface area contributed by atoms with Gasteiger partial charge in [-0.15, -0.1) is 11.6 Å². The van der Waals surface area contributed by atoms with Crippen molar-refractivity contribution in [2.75, 3.05) is 6.54 Å². The van der Waals surface area contributed by atoms with E-state index in [1.165, 1.54) is 0 Å². The third-order valence-corrected chi connectivity index (χ3v) is 3.24. The summed E-state index contributed by atoms with van der Waals surface area (Å²) in [7, 11) is 0. The molecule has 0 aliphatic rings. The van der Waals surface area contributed by atoms with Crippen molar-refractivity contribution in [2.45, 2.75) is 19.2 Å². The number of halogens is 2. The topological polar surface area (TPSA) is 72.2 Å². The zero-order valence-corrected chi connectivity index (χ0v) is 11.3. The van der Waals surface area contributed by atoms with Crippen molar-refractivity contribution in [2.24, 2.45) is 5.92 Å². The average Bonchev–Trinajstić information content (AvgIpc) is 2.35. The van der Waals surface area contributed by atoms with Gasteiger partial charge in [0.25, 0.3) is 11.6 Å². The number of nitrogens with zero attached hydrogens (tertiary/aromatic N) is 1. The van der Waals surface area contributed by atoms with Gasteiger partial charge in [-0.1, -0.05) is 13.8 Å². The molecule has 5 nitrogen and oxygen atoms in total. The van der Waals surface area contributed by atoms with Crippen LogP contribution in [0.15, 0.2) is 18.2 Å². The average molecular weight is 289 g/mol. The first-order chi connectivity index (χ1) is 8.82. The Labute approximate surface area is 114 Å². The molecule has 7 heteroatoms. The summed E-state index contributed by atoms with van der Waals surface area (Å²) >= 11 is 5.97. The lowest BCUT2D eigenvalue weighted by Gasteiger charge is -2.14. The minimum atomic E-state index is -0.793. The lowest BCUT2D eigenvalue weighted by molar-refractivity contribution is -0.385. The van der Waals surface area contributed by atoms with E-state index in [-0.39, 0.29) is 23.4 Å². The Morgan fingerprint density at radius 2 is 2.16 bits per heavy atom. The van der Waals surface area contributed by atoms with Crippen molar-refractivity contribution in [3.63, 3.8) is 0 Å². The lowest BCUT2D eigenvalue weighted by atomic mass is 10.1. The van der Waals surface area contributed by atoms with Crippen LogP contribution >= 0.6 is 11.6 Å². The van der Waals surface area contributed by atoms with Gasteiger partial charge in [0.15, 0.2) is 0 Å². The third-order valence-electron chi connectivity index (χ3n) is 2.58. The van der Waals surface area contributed by atoms with E-state index in [0.717, 1.165) is 18.2 Å². The van der Waals surface area contributed by atoms with E-state index in [4.69, 9.17) is 11.6 Å². The Bertz CT molecular complexity index is 494. The molecule has 0 radical (unpaired) electrons. The molecule has 0 aromatic heterocycles. The van der Waals surface area contributed by atoms with Crippen LogP contribution in [0.2, 0.25) is 0 Å². The molecule has 0 aliphatic heterocycles. The maximum Gasteiger partial charge on any atom is 0.285 e. The Morgan fingerprint density at radius 1 is 1.53 bits per heavy atom. The van der Waals surface area contributed by atoms with Crippen molar-refractivity contribution in [1.29, 1.82) is 0 Å². The number of nitrogens with one attached hydrogen (secondary N) is 1. The van der Waals surface area contributed by atoms with Gasteiger partial charge < -0.3 is 5.32 Å². The Hall–Kier alpha value is -1.69. The molecular formula is C12H14ClFN2O3. The van der Waals surface area contributed by atoms with Crippen molar-refractivity contribution in [1.82, 2.24) is 5.32 Å². The SMILES string of the molecule is CC(C)C(Cl)CNC(=O)c1ccc(F)cc1[N+](=O)[O-]. The van der Waals surface area contributed by atoms with Gasteiger partial charge in [-0.05, 0) is 18.1 Å². The van der Waals surface area contributed by atoms with Crippen LogP contribution in [0.3, 0.4) is 0 Å². The van der Waals surface area contributed by atoms with Crippen molar-refractivity contribution < 1.29 is 14.1 Å². The molecule has 0 bridgehead atoms. The Morgan fingerprint density at radius 3 is 2.68 bits per heavy atom. The standard InChI is InChI=1S/C12H14ClFN2O3/c1-7(2)10(13)6-15-12(17)9-4-3-8(14)5-11(9)16(18)19/h3-5,7,10H,6H2,1-2H3,(H,15,17). The first-order valence-corrected chi connectivity index (χ1v) is 6.12. The summed E-state index contributed by atoms with van der Waals surface area (Å²) in [4.78, 5) is 21.8. The van der Waals surface area contributed by atoms with Crippen LogP contribution < -0.4 is 5.32 Å². The monoisotopic (exact) mass is 288 g/mol. The largest absolute Gasteiger partial charge is 0.350 e. The van der Waals surface area contributed by atoms with Gasteiger partial charge in [0, 0.05) is 6.54 Å². The molecule has 0 fully saturated rings. The number of benzene rings is 1. The van der Waals surface area contributed by atoms with Gasteiger partial charge in [0.1, 0.15) is 11.4 Å². The fourth-order valence-electron chi connectivity index (χ4n) is 1.37. The zero-order chi connectivity index (χ0) is 14.6. The van der Waals surface area contributed by atoms with E-state index in [0.29, 0.717) is 0 Å². The predicted octanol–water partition coefficient (Wildman–Crippen LogP) is 2.73. The highest BCUT2D eigenvalue weighted by molar-refractivity contribution is 6.21. The van der Waals surface area contributed by atoms with Gasteiger partial charge in [-0.3, -0.25) is 14.9 Å². The Kier molecular flexibility index (Phi) is 5.23. The number of carbonyl (C=O) groups excluding carboxylic acids is 1. The summed E-state index contributed by atoms with van der Waals surface area (Å²) in [5, 5.41) is 13.0. The van der Waals surface area contributed by atoms with Crippen molar-refractivity contribution >= 4 is 23.2 Å². The van der Waals surface area contributed by atoms with E-state index < -0.39 is 22.3 Å². The fourth-order valence-corrected chi connectivity index (χ4v) is 1.45. The molecule has 1 aromatic rings. The number of hydrogen-bond acceptors (Lipinski definition) is 3. The molecule has 1 N–H and O–H groups in total. The van der Waals surface area contributed by atoms with Gasteiger partial charge in [-0.25, -0.2) is 4.39 Å². The van der Waals surface area contributed by atoms with Crippen LogP contribution in [0.1, 0.15) is 24.2 Å². The van der Waals surface area contributed by atoms with Gasteiger partial charge in [0.05, 0.1) is 16.4 Å². The molecule has 0 saturated heterocycles. The van der Waals surface area contributed by atoms with E-state index in [2.05, 4.69) is 5.32 Å². The van der Waals surface area contributed by atoms with Crippen molar-refractivity contribution in [3.8, 4) is 0 Å². The van der Waals surface area contributed by atoms with Crippen LogP contribution in [0.25, 0.3) is 0 Å². The molecule has 104 valence electrons. The lowest BCUT2D eigenvalue weighted by Crippen LogP contribution is -2.32. The summed E-state index contributed by atoms with van der Waals surface area (Å²) < 4.78 is 12.9. The van der Waals surface area contributed by atoms with Gasteiger partial charge in [-0.2, -0.15) is 0 Å². The fraction of sp³-hybridized carbons (Fsp3) is 0.417. The summed E-state index contributed by atoms with van der Waals surface area (Å²) in [5.41, 5.74) is -0.743. The Balaban J connectivity index is 2.85. The van der Waals surface area contributed by atoms with Gasteiger partial charge in [0.2, 0.25) is 0 Å². The number of amides is 1. The normalized spacial score (nSPS) is 12.3. The maximum atomic E-state index is 12.9. The molecule has 19 heavy (non-hydrogen) atoms. The van der Waals surface area contributed by atoms with Crippen LogP contribution in [0, 0.1) is 21.8 Å². The van der Waals surface area contributed by atoms with Crippen molar-refractivity contribution in [3.05, 3.63) is 39.7 Å². The minimum Gasteiger partial charge on any atom is -0.350 e. The first kappa shape index (κ1) is 15.4. The highest BCUT2D eigenvalue weighted by Crippen LogP contribution is 2.19. The quantitative estimate of drug-likeness (QED) is 0.514. The highest BCUT2D eigenvalue weighted by Gasteiger charge is 2.21. The van der Waals surface area contributed by atoms with E-state index in [9.17, 15) is 19.3 Å². The molecule has 1 unspecified atom stereocenters. The summed E-state index contributed by atoms with van der Waals surface area (Å²) in [6, 6.07) is 2.81. The first-order valence-electron chi connectivity index (χ1n) is 5.69. The zero-order valence-electron chi connectivity index (χ0n) is 10.5. The van der Waals surface area contributed by atoms with E-state index >= 15 is 0 Å². The minimum absolute atomic E-state index is 0.158. The van der Waals surface area contributed by atoms with Crippen LogP contribution in [0.4, 0.5) is 10.1 Å². The second-order valence-corrected chi connectivity index (χ2v) is 4.95. The molecule has 0 heterocycles. The summed E-state index contributed by atoms with van der Waals surface area (Å²) in [5.74, 6) is -1.25. The molecule has 1 amide bonds. The highest BCUT2D eigenvalue weighted by atomic mass is 35.5. The van der Waals surface area contributed by atoms with Gasteiger partial charge >= 0.3 is 0 Å². The number of hydrogen-bond donors (Lipinski definition) is 1. The molecule has 1 rings (SSSR count). The number of alkyl halides is 1. The number of nitro benzene ring substituents is 1. The molecule has 0 saturated carbocycles. The second-order valence-electron chi connectivity index (χ2n) is 4.39. The number of nitro groups is 1. The smallest absolute Gasteiger partial charge is 0.285 e. The van der Waals surface area contributed by atoms with Crippen LogP contribution in [0.5, 0.6) is 0 Å². The molecule has 1 atom stereocenters. The number of carbonyl (C=O) groups is 1. The van der Waals surface area contributed by atoms with E-state index in [1.54, 1.807) is 0 Å². The molecular weight excluding hydrogens is 275 g/mol. The molecule has 1 aromatic carbocycles. The summed E-state index contributed by atoms with van der Waals surface area (Å²) in [6.07, 6.45) is 0. The maximum absolute atomic E-state index is 12.9. The van der Waals surface area contributed by atoms with E-state index in [1.807, 2.05) is 13.8 Å².